The number of hydrogen-bond donors (Lipinski definition) is 1. The molecule has 0 saturated heterocycles. The lowest BCUT2D eigenvalue weighted by atomic mass is 10.1. The van der Waals surface area contributed by atoms with Crippen LogP contribution < -0.4 is 0 Å². The third kappa shape index (κ3) is 5.55. The van der Waals surface area contributed by atoms with Gasteiger partial charge in [-0.25, -0.2) is 0 Å². The first-order valence-electron chi connectivity index (χ1n) is 5.29. The summed E-state index contributed by atoms with van der Waals surface area (Å²) < 4.78 is 36.7. The number of amides is 1. The Morgan fingerprint density at radius 2 is 1.88 bits per heavy atom. The summed E-state index contributed by atoms with van der Waals surface area (Å²) in [7, 11) is 0. The molecule has 0 aliphatic rings. The third-order valence-corrected chi connectivity index (χ3v) is 2.23. The van der Waals surface area contributed by atoms with Crippen LogP contribution in [0.2, 0.25) is 0 Å². The Hall–Kier alpha value is -1.27. The summed E-state index contributed by atoms with van der Waals surface area (Å²) in [4.78, 5) is 22.2. The fourth-order valence-corrected chi connectivity index (χ4v) is 1.21. The molecule has 0 aliphatic carbocycles. The summed E-state index contributed by atoms with van der Waals surface area (Å²) >= 11 is 0. The third-order valence-electron chi connectivity index (χ3n) is 2.23. The van der Waals surface area contributed by atoms with E-state index in [0.29, 0.717) is 17.7 Å². The van der Waals surface area contributed by atoms with Gasteiger partial charge in [-0.3, -0.25) is 9.59 Å². The largest absolute Gasteiger partial charge is 0.481 e. The van der Waals surface area contributed by atoms with Gasteiger partial charge in [-0.15, -0.1) is 0 Å². The summed E-state index contributed by atoms with van der Waals surface area (Å²) in [6.07, 6.45) is -3.91. The van der Waals surface area contributed by atoms with Gasteiger partial charge in [-0.1, -0.05) is 20.3 Å². The molecule has 0 aromatic carbocycles. The number of rotatable bonds is 6. The van der Waals surface area contributed by atoms with E-state index in [1.165, 1.54) is 6.92 Å². The maximum absolute atomic E-state index is 12.2. The number of halogens is 3. The second kappa shape index (κ2) is 6.46. The molecule has 0 saturated carbocycles. The highest BCUT2D eigenvalue weighted by molar-refractivity contribution is 5.82. The SMILES string of the molecule is CCCCN(CC(C)C(=O)O)C(=O)C(F)(F)F. The van der Waals surface area contributed by atoms with Gasteiger partial charge in [0.2, 0.25) is 0 Å². The Morgan fingerprint density at radius 1 is 1.35 bits per heavy atom. The van der Waals surface area contributed by atoms with Gasteiger partial charge in [-0.05, 0) is 6.42 Å². The number of aliphatic carboxylic acids is 1. The van der Waals surface area contributed by atoms with E-state index in [1.807, 2.05) is 0 Å². The standard InChI is InChI=1S/C10H16F3NO3/c1-3-4-5-14(6-7(2)8(15)16)9(17)10(11,12)13/h7H,3-6H2,1-2H3,(H,15,16). The molecule has 0 spiro atoms. The maximum Gasteiger partial charge on any atom is 0.471 e. The molecule has 1 atom stereocenters. The molecule has 4 nitrogen and oxygen atoms in total. The van der Waals surface area contributed by atoms with Gasteiger partial charge in [0.1, 0.15) is 0 Å². The Balaban J connectivity index is 4.64. The average molecular weight is 255 g/mol. The van der Waals surface area contributed by atoms with Crippen LogP contribution in [0, 0.1) is 5.92 Å². The molecule has 1 amide bonds. The van der Waals surface area contributed by atoms with Crippen LogP contribution in [0.3, 0.4) is 0 Å². The molecule has 7 heteroatoms. The van der Waals surface area contributed by atoms with Crippen molar-refractivity contribution in [1.29, 1.82) is 0 Å². The summed E-state index contributed by atoms with van der Waals surface area (Å²) in [5.41, 5.74) is 0. The fourth-order valence-electron chi connectivity index (χ4n) is 1.21. The summed E-state index contributed by atoms with van der Waals surface area (Å²) in [5, 5.41) is 8.62. The number of carboxylic acids is 1. The van der Waals surface area contributed by atoms with Crippen LogP contribution >= 0.6 is 0 Å². The normalized spacial score (nSPS) is 13.2. The van der Waals surface area contributed by atoms with Gasteiger partial charge in [0.05, 0.1) is 5.92 Å². The molecule has 0 rings (SSSR count). The van der Waals surface area contributed by atoms with Crippen LogP contribution in [-0.2, 0) is 9.59 Å². The van der Waals surface area contributed by atoms with Crippen LogP contribution in [0.5, 0.6) is 0 Å². The first-order chi connectivity index (χ1) is 7.70. The lowest BCUT2D eigenvalue weighted by Crippen LogP contribution is -2.44. The van der Waals surface area contributed by atoms with Crippen LogP contribution in [0.4, 0.5) is 13.2 Å². The molecule has 100 valence electrons. The topological polar surface area (TPSA) is 57.6 Å². The molecular formula is C10H16F3NO3. The van der Waals surface area contributed by atoms with Crippen molar-refractivity contribution in [3.63, 3.8) is 0 Å². The van der Waals surface area contributed by atoms with Crippen LogP contribution in [0.1, 0.15) is 26.7 Å². The van der Waals surface area contributed by atoms with E-state index in [0.717, 1.165) is 0 Å². The van der Waals surface area contributed by atoms with E-state index in [-0.39, 0.29) is 6.54 Å². The number of alkyl halides is 3. The number of nitrogens with zero attached hydrogens (tertiary/aromatic N) is 1. The second-order valence-corrected chi connectivity index (χ2v) is 3.84. The smallest absolute Gasteiger partial charge is 0.471 e. The molecule has 0 fully saturated rings. The lowest BCUT2D eigenvalue weighted by Gasteiger charge is -2.25. The molecule has 0 radical (unpaired) electrons. The Labute approximate surface area is 97.4 Å². The molecule has 1 N–H and O–H groups in total. The predicted molar refractivity (Wildman–Crippen MR) is 54.3 cm³/mol. The number of unbranched alkanes of at least 4 members (excludes halogenated alkanes) is 1. The minimum atomic E-state index is -4.95. The maximum atomic E-state index is 12.2. The first-order valence-corrected chi connectivity index (χ1v) is 5.29. The molecule has 0 aromatic heterocycles. The van der Waals surface area contributed by atoms with E-state index < -0.39 is 30.5 Å². The van der Waals surface area contributed by atoms with Crippen LogP contribution in [0.25, 0.3) is 0 Å². The fraction of sp³-hybridized carbons (Fsp3) is 0.800. The van der Waals surface area contributed by atoms with Gasteiger partial charge in [0.15, 0.2) is 0 Å². The van der Waals surface area contributed by atoms with Gasteiger partial charge >= 0.3 is 18.1 Å². The van der Waals surface area contributed by atoms with Crippen molar-refractivity contribution in [2.75, 3.05) is 13.1 Å². The van der Waals surface area contributed by atoms with E-state index in [1.54, 1.807) is 6.92 Å². The highest BCUT2D eigenvalue weighted by atomic mass is 19.4. The number of carbonyl (C=O) groups excluding carboxylic acids is 1. The molecule has 1 unspecified atom stereocenters. The highest BCUT2D eigenvalue weighted by Gasteiger charge is 2.42. The van der Waals surface area contributed by atoms with Crippen molar-refractivity contribution in [1.82, 2.24) is 4.90 Å². The van der Waals surface area contributed by atoms with Gasteiger partial charge in [0, 0.05) is 13.1 Å². The first kappa shape index (κ1) is 15.7. The van der Waals surface area contributed by atoms with Crippen molar-refractivity contribution in [3.8, 4) is 0 Å². The van der Waals surface area contributed by atoms with E-state index in [9.17, 15) is 22.8 Å². The average Bonchev–Trinajstić information content (AvgIpc) is 2.21. The zero-order valence-electron chi connectivity index (χ0n) is 9.75. The van der Waals surface area contributed by atoms with Crippen molar-refractivity contribution >= 4 is 11.9 Å². The Kier molecular flexibility index (Phi) is 5.98. The number of hydrogen-bond acceptors (Lipinski definition) is 2. The number of carboxylic acid groups (broad SMARTS) is 1. The monoisotopic (exact) mass is 255 g/mol. The van der Waals surface area contributed by atoms with Gasteiger partial charge < -0.3 is 10.0 Å². The quantitative estimate of drug-likeness (QED) is 0.788. The van der Waals surface area contributed by atoms with Crippen LogP contribution in [-0.4, -0.2) is 41.1 Å². The minimum Gasteiger partial charge on any atom is -0.481 e. The van der Waals surface area contributed by atoms with Crippen LogP contribution in [0.15, 0.2) is 0 Å². The number of carbonyl (C=O) groups is 2. The zero-order valence-corrected chi connectivity index (χ0v) is 9.75. The van der Waals surface area contributed by atoms with Gasteiger partial charge in [0.25, 0.3) is 0 Å². The Bertz CT molecular complexity index is 278. The molecule has 0 aromatic rings. The zero-order chi connectivity index (χ0) is 13.6. The lowest BCUT2D eigenvalue weighted by molar-refractivity contribution is -0.186. The van der Waals surface area contributed by atoms with E-state index in [2.05, 4.69) is 0 Å². The minimum absolute atomic E-state index is 0.0769. The second-order valence-electron chi connectivity index (χ2n) is 3.84. The molecular weight excluding hydrogens is 239 g/mol. The molecule has 0 bridgehead atoms. The van der Waals surface area contributed by atoms with E-state index in [4.69, 9.17) is 5.11 Å². The van der Waals surface area contributed by atoms with Crippen molar-refractivity contribution in [2.45, 2.75) is 32.9 Å². The predicted octanol–water partition coefficient (Wildman–Crippen LogP) is 1.90. The van der Waals surface area contributed by atoms with Crippen molar-refractivity contribution in [3.05, 3.63) is 0 Å². The van der Waals surface area contributed by atoms with Crippen molar-refractivity contribution in [2.24, 2.45) is 5.92 Å². The van der Waals surface area contributed by atoms with Crippen molar-refractivity contribution < 1.29 is 27.9 Å². The molecule has 17 heavy (non-hydrogen) atoms. The van der Waals surface area contributed by atoms with Gasteiger partial charge in [-0.2, -0.15) is 13.2 Å². The highest BCUT2D eigenvalue weighted by Crippen LogP contribution is 2.19. The Morgan fingerprint density at radius 3 is 2.24 bits per heavy atom. The summed E-state index contributed by atoms with van der Waals surface area (Å²) in [5.74, 6) is -4.21. The van der Waals surface area contributed by atoms with E-state index >= 15 is 0 Å². The molecule has 0 aliphatic heterocycles. The summed E-state index contributed by atoms with van der Waals surface area (Å²) in [6, 6.07) is 0. The summed E-state index contributed by atoms with van der Waals surface area (Å²) in [6.45, 7) is 2.54. The molecule has 0 heterocycles.